The Bertz CT molecular complexity index is 115. The molecule has 3 heteroatoms. The molecule has 0 rings (SSSR count). The van der Waals surface area contributed by atoms with E-state index in [-0.39, 0.29) is 0 Å². The molecule has 0 radical (unpaired) electrons. The van der Waals surface area contributed by atoms with Crippen LogP contribution in [0.4, 0.5) is 0 Å². The van der Waals surface area contributed by atoms with Crippen LogP contribution in [0.15, 0.2) is 0 Å². The van der Waals surface area contributed by atoms with Crippen molar-refractivity contribution in [3.05, 3.63) is 0 Å². The molecule has 0 aliphatic carbocycles. The summed E-state index contributed by atoms with van der Waals surface area (Å²) in [5.74, 6) is 0. The van der Waals surface area contributed by atoms with Crippen molar-refractivity contribution >= 4 is 25.6 Å². The van der Waals surface area contributed by atoms with Crippen molar-refractivity contribution in [2.45, 2.75) is 52.4 Å². The van der Waals surface area contributed by atoms with E-state index in [1.54, 1.807) is 0 Å². The van der Waals surface area contributed by atoms with Crippen molar-refractivity contribution in [1.82, 2.24) is 0 Å². The second-order valence-electron chi connectivity index (χ2n) is 3.74. The summed E-state index contributed by atoms with van der Waals surface area (Å²) in [7, 11) is 0. The lowest BCUT2D eigenvalue weighted by molar-refractivity contribution is -0.640. The fraction of sp³-hybridized carbons (Fsp3) is 1.00. The maximum absolute atomic E-state index is 4.49. The van der Waals surface area contributed by atoms with Gasteiger partial charge >= 0.3 is 0 Å². The summed E-state index contributed by atoms with van der Waals surface area (Å²) in [4.78, 5) is 0. The second-order valence-corrected chi connectivity index (χ2v) is 5.59. The minimum Gasteiger partial charge on any atom is -0.206 e. The molecule has 0 bridgehead atoms. The SMILES string of the molecule is CCCCCCC[N+](S)(S)CCC. The first-order chi connectivity index (χ1) is 6.12. The van der Waals surface area contributed by atoms with E-state index < -0.39 is 0 Å². The largest absolute Gasteiger partial charge is 0.206 e. The molecule has 0 heterocycles. The minimum atomic E-state index is 0.600. The highest BCUT2D eigenvalue weighted by molar-refractivity contribution is 7.87. The minimum absolute atomic E-state index is 0.600. The van der Waals surface area contributed by atoms with Crippen LogP contribution in [0.2, 0.25) is 0 Å². The highest BCUT2D eigenvalue weighted by Crippen LogP contribution is 2.18. The van der Waals surface area contributed by atoms with Gasteiger partial charge in [-0.25, -0.2) is 3.29 Å². The molecule has 0 aromatic carbocycles. The number of nitrogens with zero attached hydrogens (tertiary/aromatic N) is 1. The van der Waals surface area contributed by atoms with Gasteiger partial charge in [-0.2, -0.15) is 0 Å². The standard InChI is InChI=1S/C10H24NS2/c1-3-5-6-7-8-10-11(12,13)9-4-2/h12-13H,3-10H2,1-2H3/q+1. The number of hydrogen-bond donors (Lipinski definition) is 2. The van der Waals surface area contributed by atoms with Gasteiger partial charge in [0.1, 0.15) is 0 Å². The highest BCUT2D eigenvalue weighted by Gasteiger charge is 2.16. The van der Waals surface area contributed by atoms with Crippen LogP contribution in [0.25, 0.3) is 0 Å². The Kier molecular flexibility index (Phi) is 8.42. The fourth-order valence-corrected chi connectivity index (χ4v) is 2.12. The van der Waals surface area contributed by atoms with E-state index in [0.29, 0.717) is 3.29 Å². The van der Waals surface area contributed by atoms with Crippen LogP contribution in [-0.2, 0) is 0 Å². The lowest BCUT2D eigenvalue weighted by Gasteiger charge is -2.23. The Balaban J connectivity index is 3.29. The average Bonchev–Trinajstić information content (AvgIpc) is 2.04. The molecule has 0 atom stereocenters. The normalized spacial score (nSPS) is 12.0. The van der Waals surface area contributed by atoms with Gasteiger partial charge in [-0.05, 0) is 19.3 Å². The Labute approximate surface area is 94.6 Å². The molecular weight excluding hydrogens is 198 g/mol. The molecule has 0 N–H and O–H groups in total. The topological polar surface area (TPSA) is 0 Å². The summed E-state index contributed by atoms with van der Waals surface area (Å²) in [5.41, 5.74) is 0. The summed E-state index contributed by atoms with van der Waals surface area (Å²) in [6.45, 7) is 6.56. The Morgan fingerprint density at radius 1 is 0.769 bits per heavy atom. The maximum atomic E-state index is 4.49. The third kappa shape index (κ3) is 8.98. The zero-order valence-electron chi connectivity index (χ0n) is 9.00. The van der Waals surface area contributed by atoms with Crippen LogP contribution in [-0.4, -0.2) is 16.4 Å². The Morgan fingerprint density at radius 2 is 1.38 bits per heavy atom. The zero-order chi connectivity index (χ0) is 10.2. The van der Waals surface area contributed by atoms with E-state index in [1.807, 2.05) is 0 Å². The lowest BCUT2D eigenvalue weighted by atomic mass is 10.1. The van der Waals surface area contributed by atoms with Gasteiger partial charge in [-0.15, -0.1) is 0 Å². The fourth-order valence-electron chi connectivity index (χ4n) is 1.44. The van der Waals surface area contributed by atoms with E-state index in [2.05, 4.69) is 39.5 Å². The third-order valence-corrected chi connectivity index (χ3v) is 3.00. The summed E-state index contributed by atoms with van der Waals surface area (Å²) in [6.07, 6.45) is 7.79. The van der Waals surface area contributed by atoms with Gasteiger partial charge in [-0.1, -0.05) is 33.1 Å². The van der Waals surface area contributed by atoms with Crippen molar-refractivity contribution in [3.8, 4) is 0 Å². The van der Waals surface area contributed by atoms with Crippen LogP contribution in [0, 0.1) is 0 Å². The van der Waals surface area contributed by atoms with Crippen LogP contribution < -0.4 is 0 Å². The molecule has 0 aliphatic heterocycles. The molecule has 0 aliphatic rings. The summed E-state index contributed by atoms with van der Waals surface area (Å²) < 4.78 is 0.600. The van der Waals surface area contributed by atoms with Crippen molar-refractivity contribution in [2.24, 2.45) is 0 Å². The van der Waals surface area contributed by atoms with Gasteiger partial charge in [0.2, 0.25) is 0 Å². The van der Waals surface area contributed by atoms with Crippen molar-refractivity contribution in [1.29, 1.82) is 0 Å². The van der Waals surface area contributed by atoms with Gasteiger partial charge < -0.3 is 0 Å². The van der Waals surface area contributed by atoms with Gasteiger partial charge in [0.25, 0.3) is 0 Å². The second kappa shape index (κ2) is 8.01. The molecule has 0 amide bonds. The first kappa shape index (κ1) is 13.7. The number of hydrogen-bond acceptors (Lipinski definition) is 2. The number of thiol groups is 2. The number of rotatable bonds is 8. The monoisotopic (exact) mass is 222 g/mol. The Morgan fingerprint density at radius 3 is 1.92 bits per heavy atom. The highest BCUT2D eigenvalue weighted by atomic mass is 32.2. The first-order valence-corrected chi connectivity index (χ1v) is 6.25. The molecule has 1 nitrogen and oxygen atoms in total. The third-order valence-electron chi connectivity index (χ3n) is 2.20. The molecule has 0 aromatic heterocycles. The summed E-state index contributed by atoms with van der Waals surface area (Å²) in [5, 5.41) is 0. The van der Waals surface area contributed by atoms with E-state index in [4.69, 9.17) is 0 Å². The van der Waals surface area contributed by atoms with Crippen LogP contribution in [0.3, 0.4) is 0 Å². The van der Waals surface area contributed by atoms with Crippen molar-refractivity contribution in [2.75, 3.05) is 13.1 Å². The van der Waals surface area contributed by atoms with Gasteiger partial charge in [0.05, 0.1) is 38.7 Å². The molecule has 80 valence electrons. The van der Waals surface area contributed by atoms with E-state index in [9.17, 15) is 0 Å². The molecule has 0 saturated heterocycles. The summed E-state index contributed by atoms with van der Waals surface area (Å²) in [6, 6.07) is 0. The maximum Gasteiger partial charge on any atom is 0.0998 e. The van der Waals surface area contributed by atoms with Gasteiger partial charge in [-0.3, -0.25) is 0 Å². The Hall–Kier alpha value is 0.660. The molecule has 0 aromatic rings. The summed E-state index contributed by atoms with van der Waals surface area (Å²) >= 11 is 8.99. The van der Waals surface area contributed by atoms with Gasteiger partial charge in [0.15, 0.2) is 0 Å². The van der Waals surface area contributed by atoms with Crippen LogP contribution in [0.1, 0.15) is 52.4 Å². The smallest absolute Gasteiger partial charge is 0.0998 e. The van der Waals surface area contributed by atoms with Gasteiger partial charge in [0, 0.05) is 0 Å². The lowest BCUT2D eigenvalue weighted by Crippen LogP contribution is -2.29. The number of quaternary nitrogens is 1. The molecule has 13 heavy (non-hydrogen) atoms. The van der Waals surface area contributed by atoms with Crippen LogP contribution >= 0.6 is 25.6 Å². The molecule has 0 unspecified atom stereocenters. The molecular formula is C10H24NS2+. The van der Waals surface area contributed by atoms with Crippen LogP contribution in [0.5, 0.6) is 0 Å². The molecule has 0 saturated carbocycles. The molecule has 0 spiro atoms. The average molecular weight is 222 g/mol. The predicted molar refractivity (Wildman–Crippen MR) is 67.0 cm³/mol. The van der Waals surface area contributed by atoms with Crippen molar-refractivity contribution < 1.29 is 3.29 Å². The van der Waals surface area contributed by atoms with Crippen molar-refractivity contribution in [3.63, 3.8) is 0 Å². The first-order valence-electron chi connectivity index (χ1n) is 5.45. The number of unbranched alkanes of at least 4 members (excludes halogenated alkanes) is 4. The predicted octanol–water partition coefficient (Wildman–Crippen LogP) is 3.87. The molecule has 0 fully saturated rings. The van der Waals surface area contributed by atoms with E-state index >= 15 is 0 Å². The van der Waals surface area contributed by atoms with E-state index in [1.165, 1.54) is 32.1 Å². The zero-order valence-corrected chi connectivity index (χ0v) is 10.8. The quantitative estimate of drug-likeness (QED) is 0.348. The van der Waals surface area contributed by atoms with E-state index in [0.717, 1.165) is 19.5 Å².